The number of nitrogens with one attached hydrogen (secondary N) is 1. The molecule has 0 saturated carbocycles. The summed E-state index contributed by atoms with van der Waals surface area (Å²) in [6.07, 6.45) is 1.36. The number of imide groups is 1. The van der Waals surface area contributed by atoms with Crippen molar-refractivity contribution in [2.75, 3.05) is 32.8 Å². The zero-order valence-corrected chi connectivity index (χ0v) is 17.5. The third-order valence-electron chi connectivity index (χ3n) is 5.71. The fraction of sp³-hybridized carbons (Fsp3) is 0.636. The Morgan fingerprint density at radius 2 is 1.71 bits per heavy atom. The summed E-state index contributed by atoms with van der Waals surface area (Å²) in [5, 5.41) is 2.97. The van der Waals surface area contributed by atoms with Gasteiger partial charge in [-0.1, -0.05) is 39.8 Å². The van der Waals surface area contributed by atoms with Gasteiger partial charge < -0.3 is 15.0 Å². The van der Waals surface area contributed by atoms with Gasteiger partial charge in [0.2, 0.25) is 0 Å². The number of urea groups is 1. The number of carbonyl (C=O) groups is 2. The van der Waals surface area contributed by atoms with Crippen molar-refractivity contribution in [3.05, 3.63) is 29.8 Å². The first kappa shape index (κ1) is 20.6. The summed E-state index contributed by atoms with van der Waals surface area (Å²) in [7, 11) is 0. The number of hydrogen-bond acceptors (Lipinski definition) is 4. The smallest absolute Gasteiger partial charge is 0.325 e. The Hall–Kier alpha value is -2.08. The zero-order valence-electron chi connectivity index (χ0n) is 17.5. The maximum atomic E-state index is 13.0. The van der Waals surface area contributed by atoms with Gasteiger partial charge in [0.05, 0.1) is 6.54 Å². The molecule has 2 aliphatic heterocycles. The molecular formula is C22H33N3O3. The average Bonchev–Trinajstić information content (AvgIpc) is 2.88. The molecule has 1 aromatic carbocycles. The summed E-state index contributed by atoms with van der Waals surface area (Å²) in [6.45, 7) is 12.0. The Labute approximate surface area is 168 Å². The van der Waals surface area contributed by atoms with E-state index in [2.05, 4.69) is 37.9 Å². The third-order valence-corrected chi connectivity index (χ3v) is 5.71. The predicted octanol–water partition coefficient (Wildman–Crippen LogP) is 3.23. The van der Waals surface area contributed by atoms with Gasteiger partial charge in [-0.25, -0.2) is 4.79 Å². The quantitative estimate of drug-likeness (QED) is 0.730. The van der Waals surface area contributed by atoms with Crippen molar-refractivity contribution < 1.29 is 14.3 Å². The Kier molecular flexibility index (Phi) is 6.28. The van der Waals surface area contributed by atoms with Crippen LogP contribution in [-0.4, -0.2) is 60.1 Å². The van der Waals surface area contributed by atoms with E-state index in [1.807, 2.05) is 24.3 Å². The lowest BCUT2D eigenvalue weighted by Crippen LogP contribution is -2.55. The summed E-state index contributed by atoms with van der Waals surface area (Å²) in [5.41, 5.74) is 0.538. The van der Waals surface area contributed by atoms with E-state index in [-0.39, 0.29) is 18.5 Å². The standard InChI is InChI=1S/C22H33N3O3/c1-16(2)15-24-11-9-22(10-12-24)20(26)25(21(27)23-22)13-14-28-19-7-5-18(6-8-19)17(3)4/h5-8,16-17H,9-15H2,1-4H3,(H,23,27). The van der Waals surface area contributed by atoms with Crippen LogP contribution in [0.3, 0.4) is 0 Å². The molecule has 154 valence electrons. The van der Waals surface area contributed by atoms with E-state index in [9.17, 15) is 9.59 Å². The zero-order chi connectivity index (χ0) is 20.3. The second-order valence-electron chi connectivity index (χ2n) is 8.74. The topological polar surface area (TPSA) is 61.9 Å². The molecule has 1 N–H and O–H groups in total. The van der Waals surface area contributed by atoms with Crippen LogP contribution in [0, 0.1) is 5.92 Å². The molecule has 3 amide bonds. The highest BCUT2D eigenvalue weighted by atomic mass is 16.5. The first-order valence-corrected chi connectivity index (χ1v) is 10.4. The number of nitrogens with zero attached hydrogens (tertiary/aromatic N) is 2. The maximum Gasteiger partial charge on any atom is 0.325 e. The van der Waals surface area contributed by atoms with Crippen molar-refractivity contribution in [3.63, 3.8) is 0 Å². The molecule has 0 aliphatic carbocycles. The highest BCUT2D eigenvalue weighted by Gasteiger charge is 2.52. The molecule has 2 fully saturated rings. The molecule has 0 aromatic heterocycles. The lowest BCUT2D eigenvalue weighted by Gasteiger charge is -2.37. The lowest BCUT2D eigenvalue weighted by atomic mass is 9.87. The van der Waals surface area contributed by atoms with Crippen molar-refractivity contribution in [1.29, 1.82) is 0 Å². The van der Waals surface area contributed by atoms with Gasteiger partial charge in [-0.05, 0) is 42.4 Å². The van der Waals surface area contributed by atoms with Crippen LogP contribution < -0.4 is 10.1 Å². The van der Waals surface area contributed by atoms with Gasteiger partial charge in [0.25, 0.3) is 5.91 Å². The molecule has 0 bridgehead atoms. The van der Waals surface area contributed by atoms with Crippen LogP contribution in [0.2, 0.25) is 0 Å². The molecule has 6 heteroatoms. The van der Waals surface area contributed by atoms with Crippen LogP contribution in [0.25, 0.3) is 0 Å². The molecule has 0 radical (unpaired) electrons. The fourth-order valence-electron chi connectivity index (χ4n) is 4.06. The van der Waals surface area contributed by atoms with Crippen molar-refractivity contribution in [2.24, 2.45) is 5.92 Å². The number of rotatable bonds is 7. The van der Waals surface area contributed by atoms with Gasteiger partial charge in [0, 0.05) is 19.6 Å². The second kappa shape index (κ2) is 8.52. The van der Waals surface area contributed by atoms with Crippen molar-refractivity contribution in [1.82, 2.24) is 15.1 Å². The molecule has 6 nitrogen and oxygen atoms in total. The molecular weight excluding hydrogens is 354 g/mol. The summed E-state index contributed by atoms with van der Waals surface area (Å²) in [5.74, 6) is 1.74. The van der Waals surface area contributed by atoms with E-state index in [1.165, 1.54) is 10.5 Å². The summed E-state index contributed by atoms with van der Waals surface area (Å²) >= 11 is 0. The van der Waals surface area contributed by atoms with Crippen LogP contribution in [0.1, 0.15) is 52.0 Å². The largest absolute Gasteiger partial charge is 0.492 e. The number of likely N-dealkylation sites (tertiary alicyclic amines) is 1. The van der Waals surface area contributed by atoms with Crippen molar-refractivity contribution >= 4 is 11.9 Å². The second-order valence-corrected chi connectivity index (χ2v) is 8.74. The van der Waals surface area contributed by atoms with Gasteiger partial charge in [-0.15, -0.1) is 0 Å². The SMILES string of the molecule is CC(C)CN1CCC2(CC1)NC(=O)N(CCOc1ccc(C(C)C)cc1)C2=O. The first-order chi connectivity index (χ1) is 13.3. The Balaban J connectivity index is 1.51. The number of hydrogen-bond donors (Lipinski definition) is 1. The van der Waals surface area contributed by atoms with E-state index in [0.717, 1.165) is 25.4 Å². The van der Waals surface area contributed by atoms with Crippen LogP contribution in [-0.2, 0) is 4.79 Å². The fourth-order valence-corrected chi connectivity index (χ4v) is 4.06. The molecule has 0 unspecified atom stereocenters. The van der Waals surface area contributed by atoms with Crippen LogP contribution >= 0.6 is 0 Å². The highest BCUT2D eigenvalue weighted by Crippen LogP contribution is 2.29. The summed E-state index contributed by atoms with van der Waals surface area (Å²) in [4.78, 5) is 29.1. The van der Waals surface area contributed by atoms with Gasteiger partial charge in [0.15, 0.2) is 0 Å². The molecule has 1 spiro atoms. The minimum atomic E-state index is -0.719. The van der Waals surface area contributed by atoms with E-state index in [4.69, 9.17) is 4.74 Å². The third kappa shape index (κ3) is 4.49. The highest BCUT2D eigenvalue weighted by molar-refractivity contribution is 6.07. The van der Waals surface area contributed by atoms with Crippen molar-refractivity contribution in [3.8, 4) is 5.75 Å². The number of piperidine rings is 1. The van der Waals surface area contributed by atoms with E-state index in [1.54, 1.807) is 0 Å². The molecule has 0 atom stereocenters. The Morgan fingerprint density at radius 1 is 1.07 bits per heavy atom. The Bertz CT molecular complexity index is 691. The van der Waals surface area contributed by atoms with Crippen LogP contribution in [0.15, 0.2) is 24.3 Å². The average molecular weight is 388 g/mol. The van der Waals surface area contributed by atoms with Gasteiger partial charge in [-0.3, -0.25) is 9.69 Å². The van der Waals surface area contributed by atoms with Crippen LogP contribution in [0.4, 0.5) is 4.79 Å². The van der Waals surface area contributed by atoms with E-state index >= 15 is 0 Å². The van der Waals surface area contributed by atoms with Gasteiger partial charge >= 0.3 is 6.03 Å². The number of carbonyl (C=O) groups excluding carboxylic acids is 2. The number of amides is 3. The van der Waals surface area contributed by atoms with E-state index in [0.29, 0.717) is 31.3 Å². The molecule has 2 aliphatic rings. The summed E-state index contributed by atoms with van der Waals surface area (Å²) in [6, 6.07) is 7.68. The maximum absolute atomic E-state index is 13.0. The van der Waals surface area contributed by atoms with Crippen LogP contribution in [0.5, 0.6) is 5.75 Å². The first-order valence-electron chi connectivity index (χ1n) is 10.4. The minimum Gasteiger partial charge on any atom is -0.492 e. The molecule has 28 heavy (non-hydrogen) atoms. The monoisotopic (exact) mass is 387 g/mol. The van der Waals surface area contributed by atoms with Gasteiger partial charge in [0.1, 0.15) is 17.9 Å². The summed E-state index contributed by atoms with van der Waals surface area (Å²) < 4.78 is 5.75. The number of ether oxygens (including phenoxy) is 1. The van der Waals surface area contributed by atoms with Gasteiger partial charge in [-0.2, -0.15) is 0 Å². The molecule has 1 aromatic rings. The normalized spacial score (nSPS) is 19.7. The lowest BCUT2D eigenvalue weighted by molar-refractivity contribution is -0.133. The minimum absolute atomic E-state index is 0.0968. The predicted molar refractivity (Wildman–Crippen MR) is 110 cm³/mol. The van der Waals surface area contributed by atoms with E-state index < -0.39 is 5.54 Å². The Morgan fingerprint density at radius 3 is 2.29 bits per heavy atom. The molecule has 3 rings (SSSR count). The van der Waals surface area contributed by atoms with Crippen molar-refractivity contribution in [2.45, 2.75) is 52.0 Å². The molecule has 2 heterocycles. The number of benzene rings is 1. The molecule has 2 saturated heterocycles.